The van der Waals surface area contributed by atoms with E-state index >= 15 is 0 Å². The molecule has 3 nitrogen and oxygen atoms in total. The van der Waals surface area contributed by atoms with Crippen molar-refractivity contribution >= 4 is 11.6 Å². The maximum absolute atomic E-state index is 12.7. The van der Waals surface area contributed by atoms with Gasteiger partial charge in [0, 0.05) is 17.0 Å². The first-order valence-corrected chi connectivity index (χ1v) is 6.48. The fourth-order valence-electron chi connectivity index (χ4n) is 4.03. The second-order valence-electron chi connectivity index (χ2n) is 5.71. The molecule has 1 heterocycles. The Hall–Kier alpha value is -1.48. The van der Waals surface area contributed by atoms with Crippen LogP contribution in [0, 0.1) is 11.3 Å². The maximum Gasteiger partial charge on any atom is 0.173 e. The molecule has 0 bridgehead atoms. The SMILES string of the molecule is C[C@@H]1C[C@]23C(=O)c4ccccc4C(=O)[C@H]2C[C@@H]3O1. The van der Waals surface area contributed by atoms with Crippen LogP contribution in [0.5, 0.6) is 0 Å². The molecule has 1 aromatic rings. The Bertz CT molecular complexity index is 577. The summed E-state index contributed by atoms with van der Waals surface area (Å²) in [5.74, 6) is 0.123. The third kappa shape index (κ3) is 0.962. The van der Waals surface area contributed by atoms with Crippen molar-refractivity contribution in [3.05, 3.63) is 35.4 Å². The summed E-state index contributed by atoms with van der Waals surface area (Å²) in [5, 5.41) is 0. The van der Waals surface area contributed by atoms with Gasteiger partial charge >= 0.3 is 0 Å². The first-order chi connectivity index (χ1) is 8.64. The molecule has 92 valence electrons. The zero-order chi connectivity index (χ0) is 12.5. The number of ether oxygens (including phenoxy) is 1. The van der Waals surface area contributed by atoms with Gasteiger partial charge in [0.2, 0.25) is 0 Å². The van der Waals surface area contributed by atoms with E-state index in [0.717, 1.165) is 0 Å². The molecule has 1 aromatic carbocycles. The van der Waals surface area contributed by atoms with E-state index in [4.69, 9.17) is 4.74 Å². The maximum atomic E-state index is 12.7. The lowest BCUT2D eigenvalue weighted by Crippen LogP contribution is -2.61. The highest BCUT2D eigenvalue weighted by Gasteiger charge is 2.69. The molecule has 3 heteroatoms. The van der Waals surface area contributed by atoms with Crippen LogP contribution in [0.25, 0.3) is 0 Å². The highest BCUT2D eigenvalue weighted by molar-refractivity contribution is 6.19. The van der Waals surface area contributed by atoms with Gasteiger partial charge in [0.25, 0.3) is 0 Å². The number of ketones is 2. The van der Waals surface area contributed by atoms with Gasteiger partial charge in [0.05, 0.1) is 17.6 Å². The summed E-state index contributed by atoms with van der Waals surface area (Å²) in [6.07, 6.45) is 1.45. The monoisotopic (exact) mass is 242 g/mol. The second-order valence-corrected chi connectivity index (χ2v) is 5.71. The Labute approximate surface area is 105 Å². The van der Waals surface area contributed by atoms with Crippen LogP contribution < -0.4 is 0 Å². The average molecular weight is 242 g/mol. The van der Waals surface area contributed by atoms with Crippen molar-refractivity contribution in [1.82, 2.24) is 0 Å². The first kappa shape index (κ1) is 10.4. The Morgan fingerprint density at radius 3 is 2.67 bits per heavy atom. The van der Waals surface area contributed by atoms with Crippen LogP contribution in [0.3, 0.4) is 0 Å². The standard InChI is InChI=1S/C15H14O3/c1-8-7-15-11(6-12(15)18-8)13(16)9-4-2-3-5-10(9)14(15)17/h2-5,8,11-12H,6-7H2,1H3/t8-,11-,12+,15+/m1/s1. The minimum atomic E-state index is -0.537. The summed E-state index contributed by atoms with van der Waals surface area (Å²) in [7, 11) is 0. The molecule has 0 amide bonds. The molecule has 0 aromatic heterocycles. The molecule has 4 atom stereocenters. The summed E-state index contributed by atoms with van der Waals surface area (Å²) in [5.41, 5.74) is 0.669. The van der Waals surface area contributed by atoms with Crippen molar-refractivity contribution in [3.8, 4) is 0 Å². The van der Waals surface area contributed by atoms with Crippen molar-refractivity contribution in [3.63, 3.8) is 0 Å². The Morgan fingerprint density at radius 1 is 1.22 bits per heavy atom. The van der Waals surface area contributed by atoms with Crippen LogP contribution in [0.15, 0.2) is 24.3 Å². The van der Waals surface area contributed by atoms with Crippen LogP contribution in [-0.4, -0.2) is 23.8 Å². The number of carbonyl (C=O) groups excluding carboxylic acids is 2. The fraction of sp³-hybridized carbons (Fsp3) is 0.467. The molecule has 0 N–H and O–H groups in total. The van der Waals surface area contributed by atoms with Crippen molar-refractivity contribution in [2.75, 3.05) is 0 Å². The molecule has 0 radical (unpaired) electrons. The molecule has 4 rings (SSSR count). The van der Waals surface area contributed by atoms with E-state index in [1.165, 1.54) is 0 Å². The molecular weight excluding hydrogens is 228 g/mol. The molecule has 3 aliphatic rings. The lowest BCUT2D eigenvalue weighted by molar-refractivity contribution is -0.0653. The molecule has 0 unspecified atom stereocenters. The summed E-state index contributed by atoms with van der Waals surface area (Å²) < 4.78 is 5.78. The van der Waals surface area contributed by atoms with Gasteiger partial charge in [0.1, 0.15) is 0 Å². The molecule has 2 aliphatic carbocycles. The smallest absolute Gasteiger partial charge is 0.173 e. The van der Waals surface area contributed by atoms with Crippen LogP contribution >= 0.6 is 0 Å². The quantitative estimate of drug-likeness (QED) is 0.700. The summed E-state index contributed by atoms with van der Waals surface area (Å²) in [6, 6.07) is 7.20. The molecule has 2 fully saturated rings. The highest BCUT2D eigenvalue weighted by Crippen LogP contribution is 2.61. The first-order valence-electron chi connectivity index (χ1n) is 6.48. The van der Waals surface area contributed by atoms with Crippen molar-refractivity contribution in [2.24, 2.45) is 11.3 Å². The average Bonchev–Trinajstić information content (AvgIpc) is 2.60. The van der Waals surface area contributed by atoms with Crippen LogP contribution in [0.2, 0.25) is 0 Å². The Kier molecular flexibility index (Phi) is 1.80. The number of fused-ring (bicyclic) bond motifs is 1. The van der Waals surface area contributed by atoms with E-state index in [1.807, 2.05) is 19.1 Å². The number of benzene rings is 1. The van der Waals surface area contributed by atoms with E-state index < -0.39 is 5.41 Å². The Morgan fingerprint density at radius 2 is 1.94 bits per heavy atom. The number of rotatable bonds is 0. The van der Waals surface area contributed by atoms with Gasteiger partial charge in [-0.15, -0.1) is 0 Å². The largest absolute Gasteiger partial charge is 0.374 e. The van der Waals surface area contributed by atoms with Gasteiger partial charge in [-0.2, -0.15) is 0 Å². The molecule has 1 aliphatic heterocycles. The van der Waals surface area contributed by atoms with Crippen molar-refractivity contribution in [1.29, 1.82) is 0 Å². The minimum Gasteiger partial charge on any atom is -0.374 e. The highest BCUT2D eigenvalue weighted by atomic mass is 16.5. The Balaban J connectivity index is 1.92. The van der Waals surface area contributed by atoms with E-state index in [9.17, 15) is 9.59 Å². The number of carbonyl (C=O) groups is 2. The lowest BCUT2D eigenvalue weighted by Gasteiger charge is -2.51. The van der Waals surface area contributed by atoms with E-state index in [1.54, 1.807) is 12.1 Å². The van der Waals surface area contributed by atoms with Gasteiger partial charge in [-0.25, -0.2) is 0 Å². The van der Waals surface area contributed by atoms with E-state index in [-0.39, 0.29) is 29.7 Å². The summed E-state index contributed by atoms with van der Waals surface area (Å²) in [4.78, 5) is 25.2. The van der Waals surface area contributed by atoms with Gasteiger partial charge < -0.3 is 4.74 Å². The van der Waals surface area contributed by atoms with Gasteiger partial charge in [0.15, 0.2) is 11.6 Å². The van der Waals surface area contributed by atoms with Crippen LogP contribution in [0.1, 0.15) is 40.5 Å². The second kappa shape index (κ2) is 3.09. The molecule has 18 heavy (non-hydrogen) atoms. The predicted octanol–water partition coefficient (Wildman–Crippen LogP) is 2.25. The third-order valence-electron chi connectivity index (χ3n) is 4.84. The predicted molar refractivity (Wildman–Crippen MR) is 64.6 cm³/mol. The topological polar surface area (TPSA) is 43.4 Å². The summed E-state index contributed by atoms with van der Waals surface area (Å²) in [6.45, 7) is 1.99. The minimum absolute atomic E-state index is 0.0395. The molecular formula is C15H14O3. The lowest BCUT2D eigenvalue weighted by atomic mass is 9.49. The molecule has 1 spiro atoms. The van der Waals surface area contributed by atoms with E-state index in [2.05, 4.69) is 0 Å². The molecule has 1 saturated carbocycles. The van der Waals surface area contributed by atoms with Crippen molar-refractivity contribution in [2.45, 2.75) is 32.0 Å². The van der Waals surface area contributed by atoms with E-state index in [0.29, 0.717) is 24.0 Å². The zero-order valence-corrected chi connectivity index (χ0v) is 10.2. The van der Waals surface area contributed by atoms with Crippen LogP contribution in [-0.2, 0) is 4.74 Å². The van der Waals surface area contributed by atoms with Gasteiger partial charge in [-0.3, -0.25) is 9.59 Å². The fourth-order valence-corrected chi connectivity index (χ4v) is 4.03. The van der Waals surface area contributed by atoms with Gasteiger partial charge in [-0.1, -0.05) is 24.3 Å². The third-order valence-corrected chi connectivity index (χ3v) is 4.84. The van der Waals surface area contributed by atoms with Gasteiger partial charge in [-0.05, 0) is 19.8 Å². The van der Waals surface area contributed by atoms with Crippen LogP contribution in [0.4, 0.5) is 0 Å². The normalized spacial score (nSPS) is 40.8. The number of hydrogen-bond donors (Lipinski definition) is 0. The molecule has 1 saturated heterocycles. The summed E-state index contributed by atoms with van der Waals surface area (Å²) >= 11 is 0. The van der Waals surface area contributed by atoms with Crippen molar-refractivity contribution < 1.29 is 14.3 Å². The number of Topliss-reactive ketones (excluding diaryl/α,β-unsaturated/α-hetero) is 2. The zero-order valence-electron chi connectivity index (χ0n) is 10.2. The number of hydrogen-bond acceptors (Lipinski definition) is 3.